The first kappa shape index (κ1) is 20.4. The van der Waals surface area contributed by atoms with Crippen LogP contribution in [0.1, 0.15) is 12.5 Å². The Labute approximate surface area is 181 Å². The molecular weight excluding hydrogens is 398 g/mol. The molecule has 0 amide bonds. The lowest BCUT2D eigenvalue weighted by Crippen LogP contribution is -2.32. The van der Waals surface area contributed by atoms with Gasteiger partial charge in [-0.1, -0.05) is 23.7 Å². The Bertz CT molecular complexity index is 1200. The molecule has 156 valence electrons. The lowest BCUT2D eigenvalue weighted by Gasteiger charge is -2.25. The molecule has 4 aromatic rings. The molecule has 8 heteroatoms. The van der Waals surface area contributed by atoms with E-state index in [1.807, 2.05) is 16.5 Å². The van der Waals surface area contributed by atoms with Crippen molar-refractivity contribution in [2.75, 3.05) is 44.4 Å². The Kier molecular flexibility index (Phi) is 5.49. The number of hydrogen-bond acceptors (Lipinski definition) is 6. The standard InChI is InChI=1S/C22H26ClN7/c1-5-29(10-9-28(3)4)18-11-15(19-14(2)7-6-8-16(19)23)20-22(26-18)30-13-25-12-17(30)21(24)27-20/h6-8,11-13H,5,9-10H2,1-4H3,(H2,24,27). The van der Waals surface area contributed by atoms with Gasteiger partial charge in [0.1, 0.15) is 29.0 Å². The predicted octanol–water partition coefficient (Wildman–Crippen LogP) is 3.88. The van der Waals surface area contributed by atoms with Crippen molar-refractivity contribution in [3.8, 4) is 11.1 Å². The molecule has 0 unspecified atom stereocenters. The molecule has 0 radical (unpaired) electrons. The van der Waals surface area contributed by atoms with Crippen molar-refractivity contribution in [3.63, 3.8) is 0 Å². The summed E-state index contributed by atoms with van der Waals surface area (Å²) < 4.78 is 1.90. The molecule has 0 fully saturated rings. The second-order valence-electron chi connectivity index (χ2n) is 7.66. The molecule has 0 aliphatic heterocycles. The van der Waals surface area contributed by atoms with E-state index in [0.717, 1.165) is 47.7 Å². The molecule has 0 spiro atoms. The van der Waals surface area contributed by atoms with Gasteiger partial charge in [0.05, 0.1) is 6.20 Å². The monoisotopic (exact) mass is 423 g/mol. The van der Waals surface area contributed by atoms with Gasteiger partial charge in [0.2, 0.25) is 0 Å². The summed E-state index contributed by atoms with van der Waals surface area (Å²) in [4.78, 5) is 18.4. The van der Waals surface area contributed by atoms with Gasteiger partial charge in [0, 0.05) is 35.8 Å². The van der Waals surface area contributed by atoms with E-state index < -0.39 is 0 Å². The first-order valence-electron chi connectivity index (χ1n) is 9.98. The maximum atomic E-state index is 6.65. The highest BCUT2D eigenvalue weighted by Crippen LogP contribution is 2.37. The van der Waals surface area contributed by atoms with Gasteiger partial charge in [-0.05, 0) is 45.6 Å². The highest BCUT2D eigenvalue weighted by Gasteiger charge is 2.19. The van der Waals surface area contributed by atoms with Crippen molar-refractivity contribution in [3.05, 3.63) is 47.4 Å². The molecule has 0 aliphatic carbocycles. The molecule has 3 aromatic heterocycles. The summed E-state index contributed by atoms with van der Waals surface area (Å²) in [6.07, 6.45) is 3.44. The molecule has 0 aliphatic rings. The number of nitrogen functional groups attached to an aromatic ring is 1. The summed E-state index contributed by atoms with van der Waals surface area (Å²) in [5.41, 5.74) is 11.4. The summed E-state index contributed by atoms with van der Waals surface area (Å²) in [5, 5.41) is 0.677. The minimum Gasteiger partial charge on any atom is -0.382 e. The number of aromatic nitrogens is 4. The number of pyridine rings is 1. The molecule has 0 saturated heterocycles. The Morgan fingerprint density at radius 3 is 2.67 bits per heavy atom. The molecule has 3 heterocycles. The Morgan fingerprint density at radius 2 is 1.97 bits per heavy atom. The highest BCUT2D eigenvalue weighted by atomic mass is 35.5. The maximum absolute atomic E-state index is 6.65. The SMILES string of the molecule is CCN(CCN(C)C)c1cc(-c2c(C)cccc2Cl)c2nc(N)c3cncn3c2n1. The van der Waals surface area contributed by atoms with Crippen molar-refractivity contribution in [2.45, 2.75) is 13.8 Å². The predicted molar refractivity (Wildman–Crippen MR) is 124 cm³/mol. The summed E-state index contributed by atoms with van der Waals surface area (Å²) in [7, 11) is 4.14. The molecule has 7 nitrogen and oxygen atoms in total. The number of rotatable bonds is 6. The van der Waals surface area contributed by atoms with E-state index in [2.05, 4.69) is 54.9 Å². The normalized spacial score (nSPS) is 11.7. The van der Waals surface area contributed by atoms with Crippen LogP contribution in [0.15, 0.2) is 36.8 Å². The topological polar surface area (TPSA) is 75.6 Å². The number of aryl methyl sites for hydroxylation is 1. The molecule has 0 atom stereocenters. The quantitative estimate of drug-likeness (QED) is 0.507. The van der Waals surface area contributed by atoms with Crippen molar-refractivity contribution in [1.29, 1.82) is 0 Å². The Hall–Kier alpha value is -2.90. The zero-order chi connectivity index (χ0) is 21.4. The van der Waals surface area contributed by atoms with Crippen LogP contribution in [0.4, 0.5) is 11.6 Å². The zero-order valence-electron chi connectivity index (χ0n) is 17.7. The summed E-state index contributed by atoms with van der Waals surface area (Å²) in [5.74, 6) is 1.29. The fourth-order valence-corrected chi connectivity index (χ4v) is 4.03. The van der Waals surface area contributed by atoms with E-state index in [1.54, 1.807) is 12.5 Å². The van der Waals surface area contributed by atoms with Gasteiger partial charge >= 0.3 is 0 Å². The second kappa shape index (κ2) is 8.08. The van der Waals surface area contributed by atoms with Crippen molar-refractivity contribution in [2.24, 2.45) is 0 Å². The van der Waals surface area contributed by atoms with Crippen LogP contribution >= 0.6 is 11.6 Å². The van der Waals surface area contributed by atoms with Gasteiger partial charge in [0.15, 0.2) is 5.65 Å². The highest BCUT2D eigenvalue weighted by molar-refractivity contribution is 6.34. The summed E-state index contributed by atoms with van der Waals surface area (Å²) in [6.45, 7) is 6.81. The molecular formula is C22H26ClN7. The molecule has 4 rings (SSSR count). The number of nitrogens with two attached hydrogens (primary N) is 1. The molecule has 30 heavy (non-hydrogen) atoms. The van der Waals surface area contributed by atoms with E-state index in [4.69, 9.17) is 27.3 Å². The van der Waals surface area contributed by atoms with Gasteiger partial charge in [0.25, 0.3) is 0 Å². The average molecular weight is 424 g/mol. The fraction of sp³-hybridized carbons (Fsp3) is 0.318. The van der Waals surface area contributed by atoms with Crippen LogP contribution in [0.25, 0.3) is 27.8 Å². The number of imidazole rings is 1. The summed E-state index contributed by atoms with van der Waals surface area (Å²) in [6, 6.07) is 7.98. The largest absolute Gasteiger partial charge is 0.382 e. The molecule has 0 saturated carbocycles. The average Bonchev–Trinajstić information content (AvgIpc) is 3.20. The first-order valence-corrected chi connectivity index (χ1v) is 10.4. The number of halogens is 1. The first-order chi connectivity index (χ1) is 14.4. The van der Waals surface area contributed by atoms with Gasteiger partial charge in [-0.15, -0.1) is 0 Å². The van der Waals surface area contributed by atoms with Crippen LogP contribution in [0.3, 0.4) is 0 Å². The van der Waals surface area contributed by atoms with Gasteiger partial charge in [-0.25, -0.2) is 15.0 Å². The van der Waals surface area contributed by atoms with Crippen molar-refractivity contribution in [1.82, 2.24) is 24.3 Å². The zero-order valence-corrected chi connectivity index (χ0v) is 18.5. The van der Waals surface area contributed by atoms with E-state index in [1.165, 1.54) is 0 Å². The summed E-state index contributed by atoms with van der Waals surface area (Å²) >= 11 is 6.65. The smallest absolute Gasteiger partial charge is 0.167 e. The van der Waals surface area contributed by atoms with Crippen LogP contribution < -0.4 is 10.6 Å². The van der Waals surface area contributed by atoms with E-state index in [0.29, 0.717) is 22.0 Å². The third kappa shape index (κ3) is 3.55. The number of benzene rings is 1. The van der Waals surface area contributed by atoms with Gasteiger partial charge in [-0.2, -0.15) is 0 Å². The van der Waals surface area contributed by atoms with Crippen LogP contribution in [0.2, 0.25) is 5.02 Å². The molecule has 1 aromatic carbocycles. The number of hydrogen-bond donors (Lipinski definition) is 1. The van der Waals surface area contributed by atoms with Gasteiger partial charge in [-0.3, -0.25) is 4.40 Å². The van der Waals surface area contributed by atoms with Crippen LogP contribution in [0.5, 0.6) is 0 Å². The third-order valence-corrected chi connectivity index (χ3v) is 5.65. The van der Waals surface area contributed by atoms with Crippen LogP contribution in [-0.2, 0) is 0 Å². The number of likely N-dealkylation sites (N-methyl/N-ethyl adjacent to an activating group) is 2. The maximum Gasteiger partial charge on any atom is 0.167 e. The number of anilines is 2. The number of nitrogens with zero attached hydrogens (tertiary/aromatic N) is 6. The van der Waals surface area contributed by atoms with E-state index >= 15 is 0 Å². The number of fused-ring (bicyclic) bond motifs is 3. The fourth-order valence-electron chi connectivity index (χ4n) is 3.70. The van der Waals surface area contributed by atoms with Crippen molar-refractivity contribution < 1.29 is 0 Å². The lowest BCUT2D eigenvalue weighted by atomic mass is 10.00. The minimum absolute atomic E-state index is 0.417. The van der Waals surface area contributed by atoms with Crippen LogP contribution in [-0.4, -0.2) is 58.0 Å². The second-order valence-corrected chi connectivity index (χ2v) is 8.07. The van der Waals surface area contributed by atoms with Crippen LogP contribution in [0, 0.1) is 6.92 Å². The minimum atomic E-state index is 0.417. The molecule has 2 N–H and O–H groups in total. The third-order valence-electron chi connectivity index (χ3n) is 5.34. The molecule has 0 bridgehead atoms. The van der Waals surface area contributed by atoms with Gasteiger partial charge < -0.3 is 15.5 Å². The van der Waals surface area contributed by atoms with E-state index in [-0.39, 0.29) is 0 Å². The Morgan fingerprint density at radius 1 is 1.17 bits per heavy atom. The lowest BCUT2D eigenvalue weighted by molar-refractivity contribution is 0.413. The Balaban J connectivity index is 2.04. The van der Waals surface area contributed by atoms with Crippen molar-refractivity contribution >= 4 is 39.9 Å². The van der Waals surface area contributed by atoms with E-state index in [9.17, 15) is 0 Å².